The van der Waals surface area contributed by atoms with Gasteiger partial charge in [-0.1, -0.05) is 0 Å². The minimum Gasteiger partial charge on any atom is -0.316 e. The van der Waals surface area contributed by atoms with Crippen molar-refractivity contribution in [1.29, 1.82) is 0 Å². The van der Waals surface area contributed by atoms with Crippen LogP contribution < -0.4 is 10.6 Å². The summed E-state index contributed by atoms with van der Waals surface area (Å²) in [4.78, 5) is 5.37. The van der Waals surface area contributed by atoms with E-state index in [4.69, 9.17) is 0 Å². The molecule has 2 N–H and O–H groups in total. The second-order valence-electron chi connectivity index (χ2n) is 5.51. The van der Waals surface area contributed by atoms with Crippen molar-refractivity contribution in [3.8, 4) is 0 Å². The fourth-order valence-electron chi connectivity index (χ4n) is 3.17. The minimum atomic E-state index is 0.843. The maximum atomic E-state index is 3.44. The Labute approximate surface area is 98.4 Å². The highest BCUT2D eigenvalue weighted by Crippen LogP contribution is 2.18. The van der Waals surface area contributed by atoms with E-state index in [0.29, 0.717) is 0 Å². The van der Waals surface area contributed by atoms with Crippen LogP contribution in [0.25, 0.3) is 0 Å². The van der Waals surface area contributed by atoms with Crippen molar-refractivity contribution in [3.05, 3.63) is 0 Å². The van der Waals surface area contributed by atoms with Crippen molar-refractivity contribution in [3.63, 3.8) is 0 Å². The number of piperazine rings is 1. The molecule has 0 bridgehead atoms. The second kappa shape index (κ2) is 5.00. The molecule has 3 aliphatic heterocycles. The highest BCUT2D eigenvalue weighted by molar-refractivity contribution is 4.88. The Balaban J connectivity index is 1.44. The molecule has 0 aromatic carbocycles. The van der Waals surface area contributed by atoms with E-state index in [1.807, 2.05) is 0 Å². The topological polar surface area (TPSA) is 30.5 Å². The molecular weight excluding hydrogens is 200 g/mol. The Kier molecular flexibility index (Phi) is 3.43. The molecule has 16 heavy (non-hydrogen) atoms. The van der Waals surface area contributed by atoms with Gasteiger partial charge in [0, 0.05) is 58.4 Å². The van der Waals surface area contributed by atoms with Gasteiger partial charge in [0.1, 0.15) is 0 Å². The SMILES string of the molecule is C1CN(C2CCN(CC3CNC3)C2)CCN1. The van der Waals surface area contributed by atoms with Gasteiger partial charge in [-0.2, -0.15) is 0 Å². The number of nitrogens with zero attached hydrogens (tertiary/aromatic N) is 2. The first-order valence-electron chi connectivity index (χ1n) is 6.79. The van der Waals surface area contributed by atoms with Crippen LogP contribution in [0.15, 0.2) is 0 Å². The van der Waals surface area contributed by atoms with E-state index in [-0.39, 0.29) is 0 Å². The van der Waals surface area contributed by atoms with Crippen LogP contribution in [0.3, 0.4) is 0 Å². The molecule has 0 saturated carbocycles. The fraction of sp³-hybridized carbons (Fsp3) is 1.00. The molecule has 0 amide bonds. The Bertz CT molecular complexity index is 223. The van der Waals surface area contributed by atoms with E-state index < -0.39 is 0 Å². The van der Waals surface area contributed by atoms with E-state index in [9.17, 15) is 0 Å². The van der Waals surface area contributed by atoms with Gasteiger partial charge in [-0.3, -0.25) is 4.90 Å². The molecule has 3 saturated heterocycles. The number of hydrogen-bond acceptors (Lipinski definition) is 4. The molecule has 0 aromatic rings. The quantitative estimate of drug-likeness (QED) is 0.656. The van der Waals surface area contributed by atoms with Crippen molar-refractivity contribution in [1.82, 2.24) is 20.4 Å². The number of hydrogen-bond donors (Lipinski definition) is 2. The summed E-state index contributed by atoms with van der Waals surface area (Å²) in [6.45, 7) is 11.3. The summed E-state index contributed by atoms with van der Waals surface area (Å²) >= 11 is 0. The molecule has 0 aliphatic carbocycles. The molecular formula is C12H24N4. The number of nitrogens with one attached hydrogen (secondary N) is 2. The summed E-state index contributed by atoms with van der Waals surface area (Å²) < 4.78 is 0. The molecule has 0 radical (unpaired) electrons. The first-order chi connectivity index (χ1) is 7.92. The standard InChI is InChI=1S/C12H24N4/c1-4-15(9-11-7-14-8-11)10-12(1)16-5-2-13-3-6-16/h11-14H,1-10H2. The van der Waals surface area contributed by atoms with Crippen molar-refractivity contribution in [2.24, 2.45) is 5.92 Å². The predicted octanol–water partition coefficient (Wildman–Crippen LogP) is -0.815. The Morgan fingerprint density at radius 2 is 1.81 bits per heavy atom. The maximum absolute atomic E-state index is 3.44. The maximum Gasteiger partial charge on any atom is 0.0236 e. The Morgan fingerprint density at radius 1 is 1.00 bits per heavy atom. The molecule has 4 nitrogen and oxygen atoms in total. The van der Waals surface area contributed by atoms with Gasteiger partial charge < -0.3 is 15.5 Å². The molecule has 4 heteroatoms. The monoisotopic (exact) mass is 224 g/mol. The van der Waals surface area contributed by atoms with E-state index in [2.05, 4.69) is 20.4 Å². The first-order valence-corrected chi connectivity index (χ1v) is 6.79. The lowest BCUT2D eigenvalue weighted by Crippen LogP contribution is -2.50. The number of rotatable bonds is 3. The van der Waals surface area contributed by atoms with Crippen LogP contribution in [0.5, 0.6) is 0 Å². The molecule has 1 unspecified atom stereocenters. The lowest BCUT2D eigenvalue weighted by molar-refractivity contribution is 0.161. The number of likely N-dealkylation sites (tertiary alicyclic amines) is 1. The van der Waals surface area contributed by atoms with Gasteiger partial charge in [0.2, 0.25) is 0 Å². The van der Waals surface area contributed by atoms with Crippen LogP contribution >= 0.6 is 0 Å². The Morgan fingerprint density at radius 3 is 2.50 bits per heavy atom. The van der Waals surface area contributed by atoms with Gasteiger partial charge in [-0.15, -0.1) is 0 Å². The first kappa shape index (κ1) is 11.0. The molecule has 92 valence electrons. The average Bonchev–Trinajstić information content (AvgIpc) is 2.73. The molecule has 3 fully saturated rings. The summed E-state index contributed by atoms with van der Waals surface area (Å²) in [5.74, 6) is 0.932. The summed E-state index contributed by atoms with van der Waals surface area (Å²) in [6.07, 6.45) is 1.39. The van der Waals surface area contributed by atoms with Gasteiger partial charge >= 0.3 is 0 Å². The molecule has 3 aliphatic rings. The minimum absolute atomic E-state index is 0.843. The summed E-state index contributed by atoms with van der Waals surface area (Å²) in [5, 5.41) is 6.80. The van der Waals surface area contributed by atoms with Crippen LogP contribution in [0, 0.1) is 5.92 Å². The molecule has 0 aromatic heterocycles. The smallest absolute Gasteiger partial charge is 0.0236 e. The van der Waals surface area contributed by atoms with Crippen LogP contribution in [0.1, 0.15) is 6.42 Å². The summed E-state index contributed by atoms with van der Waals surface area (Å²) in [5.41, 5.74) is 0. The zero-order chi connectivity index (χ0) is 10.8. The average molecular weight is 224 g/mol. The summed E-state index contributed by atoms with van der Waals surface area (Å²) in [7, 11) is 0. The molecule has 0 spiro atoms. The highest BCUT2D eigenvalue weighted by Gasteiger charge is 2.30. The fourth-order valence-corrected chi connectivity index (χ4v) is 3.17. The zero-order valence-corrected chi connectivity index (χ0v) is 10.1. The van der Waals surface area contributed by atoms with Crippen molar-refractivity contribution >= 4 is 0 Å². The van der Waals surface area contributed by atoms with Crippen LogP contribution in [0.2, 0.25) is 0 Å². The van der Waals surface area contributed by atoms with E-state index in [1.54, 1.807) is 0 Å². The summed E-state index contributed by atoms with van der Waals surface area (Å²) in [6, 6.07) is 0.843. The normalized spacial score (nSPS) is 34.1. The van der Waals surface area contributed by atoms with E-state index >= 15 is 0 Å². The van der Waals surface area contributed by atoms with Crippen molar-refractivity contribution < 1.29 is 0 Å². The van der Waals surface area contributed by atoms with Gasteiger partial charge in [0.15, 0.2) is 0 Å². The van der Waals surface area contributed by atoms with E-state index in [1.165, 1.54) is 65.3 Å². The van der Waals surface area contributed by atoms with Crippen LogP contribution in [0.4, 0.5) is 0 Å². The lowest BCUT2D eigenvalue weighted by Gasteiger charge is -2.34. The molecule has 3 rings (SSSR count). The predicted molar refractivity (Wildman–Crippen MR) is 65.6 cm³/mol. The van der Waals surface area contributed by atoms with Gasteiger partial charge in [0.05, 0.1) is 0 Å². The van der Waals surface area contributed by atoms with E-state index in [0.717, 1.165) is 12.0 Å². The second-order valence-corrected chi connectivity index (χ2v) is 5.51. The third-order valence-corrected chi connectivity index (χ3v) is 4.30. The van der Waals surface area contributed by atoms with Gasteiger partial charge in [0.25, 0.3) is 0 Å². The van der Waals surface area contributed by atoms with Crippen LogP contribution in [-0.2, 0) is 0 Å². The van der Waals surface area contributed by atoms with Crippen molar-refractivity contribution in [2.45, 2.75) is 12.5 Å². The Hall–Kier alpha value is -0.160. The largest absolute Gasteiger partial charge is 0.316 e. The van der Waals surface area contributed by atoms with Gasteiger partial charge in [-0.05, 0) is 18.9 Å². The highest BCUT2D eigenvalue weighted by atomic mass is 15.3. The molecule has 1 atom stereocenters. The third kappa shape index (κ3) is 2.40. The zero-order valence-electron chi connectivity index (χ0n) is 10.1. The third-order valence-electron chi connectivity index (χ3n) is 4.30. The van der Waals surface area contributed by atoms with Gasteiger partial charge in [-0.25, -0.2) is 0 Å². The van der Waals surface area contributed by atoms with Crippen LogP contribution in [-0.4, -0.2) is 74.7 Å². The molecule has 3 heterocycles. The van der Waals surface area contributed by atoms with Crippen molar-refractivity contribution in [2.75, 3.05) is 58.9 Å². The lowest BCUT2D eigenvalue weighted by atomic mass is 10.0.